The summed E-state index contributed by atoms with van der Waals surface area (Å²) in [5.74, 6) is 0.875. The number of rotatable bonds is 7. The Morgan fingerprint density at radius 3 is 2.58 bits per heavy atom. The van der Waals surface area contributed by atoms with Crippen molar-refractivity contribution in [1.29, 1.82) is 0 Å². The quantitative estimate of drug-likeness (QED) is 0.850. The summed E-state index contributed by atoms with van der Waals surface area (Å²) in [4.78, 5) is 14.2. The average molecular weight is 326 g/mol. The van der Waals surface area contributed by atoms with Crippen LogP contribution in [0.4, 0.5) is 0 Å². The Morgan fingerprint density at radius 1 is 1.12 bits per heavy atom. The SMILES string of the molecule is COc1ccc(C)cc1CN(C)CC(=O)NCc1ccccc1C. The van der Waals surface area contributed by atoms with Gasteiger partial charge in [-0.25, -0.2) is 0 Å². The minimum atomic E-state index is 0.0207. The number of nitrogens with one attached hydrogen (secondary N) is 1. The van der Waals surface area contributed by atoms with E-state index in [0.717, 1.165) is 16.9 Å². The monoisotopic (exact) mass is 326 g/mol. The molecule has 0 bridgehead atoms. The molecule has 128 valence electrons. The van der Waals surface area contributed by atoms with Crippen molar-refractivity contribution in [3.63, 3.8) is 0 Å². The van der Waals surface area contributed by atoms with Crippen LogP contribution in [0, 0.1) is 13.8 Å². The molecule has 1 N–H and O–H groups in total. The van der Waals surface area contributed by atoms with Crippen molar-refractivity contribution < 1.29 is 9.53 Å². The Labute approximate surface area is 144 Å². The molecular weight excluding hydrogens is 300 g/mol. The fraction of sp³-hybridized carbons (Fsp3) is 0.350. The number of methoxy groups -OCH3 is 1. The lowest BCUT2D eigenvalue weighted by Gasteiger charge is -2.18. The van der Waals surface area contributed by atoms with Gasteiger partial charge in [-0.2, -0.15) is 0 Å². The lowest BCUT2D eigenvalue weighted by atomic mass is 10.1. The van der Waals surface area contributed by atoms with E-state index in [-0.39, 0.29) is 5.91 Å². The van der Waals surface area contributed by atoms with E-state index < -0.39 is 0 Å². The highest BCUT2D eigenvalue weighted by Gasteiger charge is 2.10. The van der Waals surface area contributed by atoms with Crippen LogP contribution in [0.2, 0.25) is 0 Å². The van der Waals surface area contributed by atoms with Crippen molar-refractivity contribution >= 4 is 5.91 Å². The predicted molar refractivity (Wildman–Crippen MR) is 97.1 cm³/mol. The second-order valence-corrected chi connectivity index (χ2v) is 6.19. The van der Waals surface area contributed by atoms with Crippen LogP contribution in [-0.2, 0) is 17.9 Å². The first-order chi connectivity index (χ1) is 11.5. The number of likely N-dealkylation sites (N-methyl/N-ethyl adjacent to an activating group) is 1. The smallest absolute Gasteiger partial charge is 0.234 e. The van der Waals surface area contributed by atoms with Crippen molar-refractivity contribution in [3.05, 3.63) is 64.7 Å². The molecule has 0 aromatic heterocycles. The Bertz CT molecular complexity index is 698. The van der Waals surface area contributed by atoms with E-state index in [9.17, 15) is 4.79 Å². The first-order valence-corrected chi connectivity index (χ1v) is 8.13. The van der Waals surface area contributed by atoms with Gasteiger partial charge in [0.15, 0.2) is 0 Å². The third kappa shape index (κ3) is 5.10. The third-order valence-electron chi connectivity index (χ3n) is 4.03. The van der Waals surface area contributed by atoms with E-state index in [4.69, 9.17) is 4.74 Å². The number of hydrogen-bond donors (Lipinski definition) is 1. The summed E-state index contributed by atoms with van der Waals surface area (Å²) in [6.07, 6.45) is 0. The fourth-order valence-corrected chi connectivity index (χ4v) is 2.68. The highest BCUT2D eigenvalue weighted by Crippen LogP contribution is 2.20. The molecule has 0 saturated heterocycles. The molecular formula is C20H26N2O2. The molecule has 4 nitrogen and oxygen atoms in total. The zero-order valence-corrected chi connectivity index (χ0v) is 14.9. The molecule has 2 aromatic carbocycles. The van der Waals surface area contributed by atoms with Crippen LogP contribution in [0.3, 0.4) is 0 Å². The van der Waals surface area contributed by atoms with Crippen molar-refractivity contribution in [2.45, 2.75) is 26.9 Å². The number of ether oxygens (including phenoxy) is 1. The van der Waals surface area contributed by atoms with E-state index in [1.54, 1.807) is 7.11 Å². The molecule has 0 atom stereocenters. The topological polar surface area (TPSA) is 41.6 Å². The molecule has 0 unspecified atom stereocenters. The largest absolute Gasteiger partial charge is 0.496 e. The summed E-state index contributed by atoms with van der Waals surface area (Å²) < 4.78 is 5.40. The maximum absolute atomic E-state index is 12.2. The zero-order valence-electron chi connectivity index (χ0n) is 14.9. The van der Waals surface area contributed by atoms with Crippen LogP contribution in [0.15, 0.2) is 42.5 Å². The molecule has 2 rings (SSSR count). The first-order valence-electron chi connectivity index (χ1n) is 8.13. The zero-order chi connectivity index (χ0) is 17.5. The summed E-state index contributed by atoms with van der Waals surface area (Å²) in [6, 6.07) is 14.2. The van der Waals surface area contributed by atoms with Crippen molar-refractivity contribution in [3.8, 4) is 5.75 Å². The summed E-state index contributed by atoms with van der Waals surface area (Å²) in [6.45, 7) is 5.69. The molecule has 4 heteroatoms. The van der Waals surface area contributed by atoms with Gasteiger partial charge in [-0.05, 0) is 38.1 Å². The summed E-state index contributed by atoms with van der Waals surface area (Å²) in [5, 5.41) is 2.98. The number of nitrogens with zero attached hydrogens (tertiary/aromatic N) is 1. The van der Waals surface area contributed by atoms with Gasteiger partial charge in [-0.15, -0.1) is 0 Å². The minimum Gasteiger partial charge on any atom is -0.496 e. The molecule has 0 radical (unpaired) electrons. The Kier molecular flexibility index (Phi) is 6.38. The van der Waals surface area contributed by atoms with Crippen LogP contribution in [-0.4, -0.2) is 31.5 Å². The summed E-state index contributed by atoms with van der Waals surface area (Å²) in [5.41, 5.74) is 4.61. The van der Waals surface area contributed by atoms with Gasteiger partial charge in [0.1, 0.15) is 5.75 Å². The van der Waals surface area contributed by atoms with Gasteiger partial charge in [0, 0.05) is 18.7 Å². The van der Waals surface area contributed by atoms with Gasteiger partial charge >= 0.3 is 0 Å². The minimum absolute atomic E-state index is 0.0207. The molecule has 24 heavy (non-hydrogen) atoms. The maximum atomic E-state index is 12.2. The van der Waals surface area contributed by atoms with E-state index in [1.165, 1.54) is 11.1 Å². The first kappa shape index (κ1) is 18.0. The highest BCUT2D eigenvalue weighted by atomic mass is 16.5. The van der Waals surface area contributed by atoms with Gasteiger partial charge in [0.05, 0.1) is 13.7 Å². The van der Waals surface area contributed by atoms with Crippen LogP contribution in [0.5, 0.6) is 5.75 Å². The average Bonchev–Trinajstić information content (AvgIpc) is 2.54. The van der Waals surface area contributed by atoms with Gasteiger partial charge < -0.3 is 10.1 Å². The van der Waals surface area contributed by atoms with Crippen LogP contribution >= 0.6 is 0 Å². The number of amides is 1. The molecule has 0 fully saturated rings. The lowest BCUT2D eigenvalue weighted by molar-refractivity contribution is -0.122. The normalized spacial score (nSPS) is 10.7. The number of carbonyl (C=O) groups is 1. The molecule has 1 amide bonds. The van der Waals surface area contributed by atoms with Crippen LogP contribution in [0.1, 0.15) is 22.3 Å². The Balaban J connectivity index is 1.88. The number of carbonyl (C=O) groups excluding carboxylic acids is 1. The number of aryl methyl sites for hydroxylation is 2. The van der Waals surface area contributed by atoms with Crippen molar-refractivity contribution in [1.82, 2.24) is 10.2 Å². The van der Waals surface area contributed by atoms with Gasteiger partial charge in [-0.3, -0.25) is 9.69 Å². The van der Waals surface area contributed by atoms with Gasteiger partial charge in [0.2, 0.25) is 5.91 Å². The van der Waals surface area contributed by atoms with Gasteiger partial charge in [0.25, 0.3) is 0 Å². The molecule has 0 aliphatic carbocycles. The molecule has 0 spiro atoms. The fourth-order valence-electron chi connectivity index (χ4n) is 2.68. The van der Waals surface area contributed by atoms with Crippen molar-refractivity contribution in [2.75, 3.05) is 20.7 Å². The molecule has 0 aliphatic heterocycles. The van der Waals surface area contributed by atoms with E-state index >= 15 is 0 Å². The van der Waals surface area contributed by atoms with E-state index in [2.05, 4.69) is 31.3 Å². The Hall–Kier alpha value is -2.33. The Morgan fingerprint density at radius 2 is 1.88 bits per heavy atom. The predicted octanol–water partition coefficient (Wildman–Crippen LogP) is 3.06. The maximum Gasteiger partial charge on any atom is 0.234 e. The molecule has 0 aliphatic rings. The molecule has 0 saturated carbocycles. The number of benzene rings is 2. The second-order valence-electron chi connectivity index (χ2n) is 6.19. The third-order valence-corrected chi connectivity index (χ3v) is 4.03. The molecule has 2 aromatic rings. The number of hydrogen-bond acceptors (Lipinski definition) is 3. The van der Waals surface area contributed by atoms with Gasteiger partial charge in [-0.1, -0.05) is 42.0 Å². The molecule has 0 heterocycles. The van der Waals surface area contributed by atoms with E-state index in [1.807, 2.05) is 42.3 Å². The summed E-state index contributed by atoms with van der Waals surface area (Å²) in [7, 11) is 3.61. The highest BCUT2D eigenvalue weighted by molar-refractivity contribution is 5.78. The van der Waals surface area contributed by atoms with Crippen LogP contribution < -0.4 is 10.1 Å². The second kappa shape index (κ2) is 8.50. The lowest BCUT2D eigenvalue weighted by Crippen LogP contribution is -2.34. The standard InChI is InChI=1S/C20H26N2O2/c1-15-9-10-19(24-4)18(11-15)13-22(3)14-20(23)21-12-17-8-6-5-7-16(17)2/h5-11H,12-14H2,1-4H3,(H,21,23). The van der Waals surface area contributed by atoms with Crippen LogP contribution in [0.25, 0.3) is 0 Å². The van der Waals surface area contributed by atoms with E-state index in [0.29, 0.717) is 19.6 Å². The van der Waals surface area contributed by atoms with Crippen molar-refractivity contribution in [2.24, 2.45) is 0 Å². The summed E-state index contributed by atoms with van der Waals surface area (Å²) >= 11 is 0.